The number of benzene rings is 1. The van der Waals surface area contributed by atoms with E-state index in [1.54, 1.807) is 12.1 Å². The second-order valence-corrected chi connectivity index (χ2v) is 6.96. The Balaban J connectivity index is 1.55. The third kappa shape index (κ3) is 4.18. The minimum Gasteiger partial charge on any atom is -0.478 e. The van der Waals surface area contributed by atoms with Crippen molar-refractivity contribution in [2.24, 2.45) is 5.92 Å². The number of carboxylic acid groups (broad SMARTS) is 1. The minimum atomic E-state index is -1.06. The lowest BCUT2D eigenvalue weighted by atomic mass is 9.88. The first kappa shape index (κ1) is 17.5. The van der Waals surface area contributed by atoms with Crippen molar-refractivity contribution >= 4 is 17.8 Å². The average molecular weight is 344 g/mol. The molecule has 0 radical (unpaired) electrons. The van der Waals surface area contributed by atoms with Crippen LogP contribution in [0.3, 0.4) is 0 Å². The fourth-order valence-electron chi connectivity index (χ4n) is 3.75. The van der Waals surface area contributed by atoms with Gasteiger partial charge in [0.2, 0.25) is 5.91 Å². The number of carbonyl (C=O) groups excluding carboxylic acids is 2. The zero-order chi connectivity index (χ0) is 17.8. The van der Waals surface area contributed by atoms with E-state index in [1.165, 1.54) is 18.6 Å². The van der Waals surface area contributed by atoms with Crippen LogP contribution in [0.2, 0.25) is 0 Å². The summed E-state index contributed by atoms with van der Waals surface area (Å²) in [4.78, 5) is 37.8. The molecule has 0 aromatic heterocycles. The van der Waals surface area contributed by atoms with Gasteiger partial charge in [0.15, 0.2) is 0 Å². The maximum atomic E-state index is 12.6. The first-order valence-electron chi connectivity index (χ1n) is 8.97. The number of rotatable bonds is 4. The largest absolute Gasteiger partial charge is 0.478 e. The third-order valence-electron chi connectivity index (χ3n) is 5.16. The third-order valence-corrected chi connectivity index (χ3v) is 5.16. The molecule has 2 amide bonds. The van der Waals surface area contributed by atoms with Crippen LogP contribution in [-0.2, 0) is 4.79 Å². The molecule has 2 fully saturated rings. The van der Waals surface area contributed by atoms with Crippen molar-refractivity contribution in [1.29, 1.82) is 0 Å². The topological polar surface area (TPSA) is 86.7 Å². The molecule has 0 spiro atoms. The highest BCUT2D eigenvalue weighted by Gasteiger charge is 2.32. The van der Waals surface area contributed by atoms with E-state index in [9.17, 15) is 14.4 Å². The van der Waals surface area contributed by atoms with Crippen molar-refractivity contribution in [1.82, 2.24) is 10.2 Å². The SMILES string of the molecule is O=C(O)c1cccc(C(=O)NC2CCN(C(=O)C3CCCCC3)C2)c1. The average Bonchev–Trinajstić information content (AvgIpc) is 3.10. The number of carbonyl (C=O) groups is 3. The number of hydrogen-bond donors (Lipinski definition) is 2. The van der Waals surface area contributed by atoms with Gasteiger partial charge in [-0.25, -0.2) is 4.79 Å². The zero-order valence-corrected chi connectivity index (χ0v) is 14.2. The summed E-state index contributed by atoms with van der Waals surface area (Å²) in [6.07, 6.45) is 6.18. The summed E-state index contributed by atoms with van der Waals surface area (Å²) >= 11 is 0. The molecule has 1 atom stereocenters. The Labute approximate surface area is 147 Å². The Kier molecular flexibility index (Phi) is 5.36. The summed E-state index contributed by atoms with van der Waals surface area (Å²) < 4.78 is 0. The number of nitrogens with one attached hydrogen (secondary N) is 1. The molecule has 1 aromatic carbocycles. The van der Waals surface area contributed by atoms with Gasteiger partial charge in [0.05, 0.1) is 5.56 Å². The second kappa shape index (κ2) is 7.68. The molecular weight excluding hydrogens is 320 g/mol. The first-order valence-corrected chi connectivity index (χ1v) is 8.97. The number of nitrogens with zero attached hydrogens (tertiary/aromatic N) is 1. The van der Waals surface area contributed by atoms with Crippen LogP contribution in [0.1, 0.15) is 59.2 Å². The van der Waals surface area contributed by atoms with Gasteiger partial charge in [-0.05, 0) is 37.5 Å². The number of likely N-dealkylation sites (tertiary alicyclic amines) is 1. The second-order valence-electron chi connectivity index (χ2n) is 6.96. The zero-order valence-electron chi connectivity index (χ0n) is 14.2. The van der Waals surface area contributed by atoms with E-state index in [0.717, 1.165) is 32.1 Å². The van der Waals surface area contributed by atoms with E-state index in [0.29, 0.717) is 18.7 Å². The number of aromatic carboxylic acids is 1. The summed E-state index contributed by atoms with van der Waals surface area (Å²) in [5.41, 5.74) is 0.421. The molecule has 134 valence electrons. The Morgan fingerprint density at radius 1 is 1.04 bits per heavy atom. The maximum Gasteiger partial charge on any atom is 0.335 e. The van der Waals surface area contributed by atoms with E-state index < -0.39 is 5.97 Å². The molecule has 1 heterocycles. The highest BCUT2D eigenvalue weighted by Crippen LogP contribution is 2.26. The summed E-state index contributed by atoms with van der Waals surface area (Å²) in [5.74, 6) is -0.973. The van der Waals surface area contributed by atoms with E-state index in [2.05, 4.69) is 5.32 Å². The van der Waals surface area contributed by atoms with Gasteiger partial charge in [-0.15, -0.1) is 0 Å². The smallest absolute Gasteiger partial charge is 0.335 e. The standard InChI is InChI=1S/C19H24N2O4/c22-17(14-7-4-8-15(11-14)19(24)25)20-16-9-10-21(12-16)18(23)13-5-2-1-3-6-13/h4,7-8,11,13,16H,1-3,5-6,9-10,12H2,(H,20,22)(H,24,25). The molecule has 1 saturated heterocycles. The normalized spacial score (nSPS) is 21.1. The van der Waals surface area contributed by atoms with E-state index in [1.807, 2.05) is 4.90 Å². The van der Waals surface area contributed by atoms with E-state index in [-0.39, 0.29) is 29.3 Å². The van der Waals surface area contributed by atoms with Gasteiger partial charge in [0, 0.05) is 30.6 Å². The number of carboxylic acids is 1. The van der Waals surface area contributed by atoms with Crippen molar-refractivity contribution in [2.75, 3.05) is 13.1 Å². The molecule has 3 rings (SSSR count). The quantitative estimate of drug-likeness (QED) is 0.877. The van der Waals surface area contributed by atoms with Gasteiger partial charge in [0.1, 0.15) is 0 Å². The molecule has 6 nitrogen and oxygen atoms in total. The highest BCUT2D eigenvalue weighted by atomic mass is 16.4. The molecule has 1 aliphatic heterocycles. The molecule has 1 saturated carbocycles. The van der Waals surface area contributed by atoms with Crippen molar-refractivity contribution in [3.05, 3.63) is 35.4 Å². The highest BCUT2D eigenvalue weighted by molar-refractivity contribution is 5.97. The fourth-order valence-corrected chi connectivity index (χ4v) is 3.75. The monoisotopic (exact) mass is 344 g/mol. The van der Waals surface area contributed by atoms with Crippen LogP contribution in [0.25, 0.3) is 0 Å². The minimum absolute atomic E-state index is 0.0754. The molecular formula is C19H24N2O4. The van der Waals surface area contributed by atoms with Crippen LogP contribution in [0.15, 0.2) is 24.3 Å². The Bertz CT molecular complexity index is 667. The number of hydrogen-bond acceptors (Lipinski definition) is 3. The van der Waals surface area contributed by atoms with Gasteiger partial charge in [-0.2, -0.15) is 0 Å². The fraction of sp³-hybridized carbons (Fsp3) is 0.526. The van der Waals surface area contributed by atoms with Crippen LogP contribution >= 0.6 is 0 Å². The maximum absolute atomic E-state index is 12.6. The van der Waals surface area contributed by atoms with Gasteiger partial charge in [-0.3, -0.25) is 9.59 Å². The first-order chi connectivity index (χ1) is 12.0. The lowest BCUT2D eigenvalue weighted by Crippen LogP contribution is -2.40. The van der Waals surface area contributed by atoms with Crippen LogP contribution in [0.5, 0.6) is 0 Å². The van der Waals surface area contributed by atoms with Crippen molar-refractivity contribution < 1.29 is 19.5 Å². The summed E-state index contributed by atoms with van der Waals surface area (Å²) in [5, 5.41) is 11.9. The van der Waals surface area contributed by atoms with Gasteiger partial charge < -0.3 is 15.3 Å². The number of amides is 2. The lowest BCUT2D eigenvalue weighted by Gasteiger charge is -2.26. The van der Waals surface area contributed by atoms with Gasteiger partial charge >= 0.3 is 5.97 Å². The molecule has 1 aromatic rings. The summed E-state index contributed by atoms with van der Waals surface area (Å²) in [6, 6.07) is 5.92. The van der Waals surface area contributed by atoms with E-state index in [4.69, 9.17) is 5.11 Å². The van der Waals surface area contributed by atoms with Crippen LogP contribution in [-0.4, -0.2) is 46.9 Å². The Hall–Kier alpha value is -2.37. The molecule has 1 unspecified atom stereocenters. The molecule has 6 heteroatoms. The molecule has 2 aliphatic rings. The van der Waals surface area contributed by atoms with Gasteiger partial charge in [0.25, 0.3) is 5.91 Å². The Morgan fingerprint density at radius 2 is 1.76 bits per heavy atom. The Morgan fingerprint density at radius 3 is 2.48 bits per heavy atom. The summed E-state index contributed by atoms with van der Waals surface area (Å²) in [7, 11) is 0. The lowest BCUT2D eigenvalue weighted by molar-refractivity contribution is -0.135. The molecule has 0 bridgehead atoms. The van der Waals surface area contributed by atoms with Crippen LogP contribution in [0, 0.1) is 5.92 Å². The summed E-state index contributed by atoms with van der Waals surface area (Å²) in [6.45, 7) is 1.22. The van der Waals surface area contributed by atoms with Crippen molar-refractivity contribution in [3.63, 3.8) is 0 Å². The molecule has 1 aliphatic carbocycles. The van der Waals surface area contributed by atoms with E-state index >= 15 is 0 Å². The van der Waals surface area contributed by atoms with Crippen molar-refractivity contribution in [3.8, 4) is 0 Å². The predicted molar refractivity (Wildman–Crippen MR) is 92.4 cm³/mol. The molecule has 25 heavy (non-hydrogen) atoms. The van der Waals surface area contributed by atoms with Crippen LogP contribution < -0.4 is 5.32 Å². The van der Waals surface area contributed by atoms with Gasteiger partial charge in [-0.1, -0.05) is 25.3 Å². The van der Waals surface area contributed by atoms with Crippen molar-refractivity contribution in [2.45, 2.75) is 44.6 Å². The van der Waals surface area contributed by atoms with Crippen LogP contribution in [0.4, 0.5) is 0 Å². The molecule has 2 N–H and O–H groups in total. The predicted octanol–water partition coefficient (Wildman–Crippen LogP) is 2.30.